The molecule has 0 aromatic heterocycles. The van der Waals surface area contributed by atoms with E-state index in [-0.39, 0.29) is 10.8 Å². The molecular weight excluding hydrogens is 354 g/mol. The van der Waals surface area contributed by atoms with Crippen molar-refractivity contribution in [2.45, 2.75) is 30.6 Å². The Morgan fingerprint density at radius 2 is 2.11 bits per heavy atom. The van der Waals surface area contributed by atoms with Crippen molar-refractivity contribution in [3.8, 4) is 0 Å². The number of hydrogen-bond acceptors (Lipinski definition) is 3. The Balaban J connectivity index is 2.05. The Kier molecular flexibility index (Phi) is 4.53. The first-order valence-electron chi connectivity index (χ1n) is 5.90. The highest BCUT2D eigenvalue weighted by molar-refractivity contribution is 9.10. The fraction of sp³-hybridized carbons (Fsp3) is 0.417. The van der Waals surface area contributed by atoms with Gasteiger partial charge in [-0.15, -0.1) is 0 Å². The first-order valence-corrected chi connectivity index (χ1v) is 9.00. The molecule has 1 N–H and O–H groups in total. The topological polar surface area (TPSA) is 63.2 Å². The van der Waals surface area contributed by atoms with Gasteiger partial charge in [0.05, 0.1) is 4.90 Å². The zero-order valence-corrected chi connectivity index (χ0v) is 13.2. The highest BCUT2D eigenvalue weighted by Gasteiger charge is 2.21. The van der Waals surface area contributed by atoms with Crippen LogP contribution in [-0.2, 0) is 13.8 Å². The van der Waals surface area contributed by atoms with E-state index in [4.69, 9.17) is 10.7 Å². The smallest absolute Gasteiger partial charge is 0.262 e. The zero-order chi connectivity index (χ0) is 14.0. The minimum Gasteiger partial charge on any atom is -0.326 e. The minimum absolute atomic E-state index is 0.00819. The molecule has 1 saturated carbocycles. The molecule has 0 unspecified atom stereocenters. The van der Waals surface area contributed by atoms with Crippen LogP contribution in [0.3, 0.4) is 0 Å². The largest absolute Gasteiger partial charge is 0.326 e. The van der Waals surface area contributed by atoms with Crippen LogP contribution < -0.4 is 5.32 Å². The fourth-order valence-corrected chi connectivity index (χ4v) is 4.17. The van der Waals surface area contributed by atoms with Crippen LogP contribution in [0.4, 0.5) is 5.69 Å². The van der Waals surface area contributed by atoms with E-state index in [1.54, 1.807) is 0 Å². The van der Waals surface area contributed by atoms with Crippen LogP contribution in [0.2, 0.25) is 0 Å². The molecule has 0 spiro atoms. The predicted octanol–water partition coefficient (Wildman–Crippen LogP) is 3.51. The summed E-state index contributed by atoms with van der Waals surface area (Å²) in [7, 11) is 1.49. The van der Waals surface area contributed by atoms with Gasteiger partial charge in [-0.25, -0.2) is 8.42 Å². The summed E-state index contributed by atoms with van der Waals surface area (Å²) >= 11 is 3.13. The van der Waals surface area contributed by atoms with E-state index in [0.717, 1.165) is 12.8 Å². The number of rotatable bonds is 4. The molecule has 2 rings (SSSR count). The summed E-state index contributed by atoms with van der Waals surface area (Å²) in [5.74, 6) is 0.448. The Bertz CT molecular complexity index is 599. The average Bonchev–Trinajstić information content (AvgIpc) is 2.21. The molecule has 1 aliphatic rings. The second kappa shape index (κ2) is 5.81. The SMILES string of the molecule is O=C(CC1CCC1)Nc1ccc(S(=O)(=O)Cl)c(Br)c1. The lowest BCUT2D eigenvalue weighted by molar-refractivity contribution is -0.117. The van der Waals surface area contributed by atoms with Crippen LogP contribution in [0.25, 0.3) is 0 Å². The number of hydrogen-bond donors (Lipinski definition) is 1. The molecule has 1 fully saturated rings. The molecule has 104 valence electrons. The first kappa shape index (κ1) is 14.8. The third-order valence-electron chi connectivity index (χ3n) is 3.18. The number of nitrogens with one attached hydrogen (secondary N) is 1. The van der Waals surface area contributed by atoms with Gasteiger partial charge in [0.2, 0.25) is 5.91 Å². The Labute approximate surface area is 125 Å². The lowest BCUT2D eigenvalue weighted by Gasteiger charge is -2.24. The fourth-order valence-electron chi connectivity index (χ4n) is 1.95. The average molecular weight is 367 g/mol. The van der Waals surface area contributed by atoms with Crippen LogP contribution in [0.5, 0.6) is 0 Å². The van der Waals surface area contributed by atoms with Gasteiger partial charge in [-0.1, -0.05) is 6.42 Å². The molecule has 1 aliphatic carbocycles. The lowest BCUT2D eigenvalue weighted by Crippen LogP contribution is -2.20. The summed E-state index contributed by atoms with van der Waals surface area (Å²) in [5, 5.41) is 2.75. The Hall–Kier alpha value is -0.590. The maximum atomic E-state index is 11.7. The summed E-state index contributed by atoms with van der Waals surface area (Å²) in [6, 6.07) is 4.43. The molecule has 7 heteroatoms. The molecule has 1 aromatic rings. The van der Waals surface area contributed by atoms with E-state index < -0.39 is 9.05 Å². The molecular formula is C12H13BrClNO3S. The van der Waals surface area contributed by atoms with Gasteiger partial charge in [-0.3, -0.25) is 4.79 Å². The van der Waals surface area contributed by atoms with Gasteiger partial charge < -0.3 is 5.32 Å². The second-order valence-electron chi connectivity index (χ2n) is 4.63. The van der Waals surface area contributed by atoms with Crippen molar-refractivity contribution in [3.63, 3.8) is 0 Å². The molecule has 0 aliphatic heterocycles. The zero-order valence-electron chi connectivity index (χ0n) is 10.0. The number of benzene rings is 1. The van der Waals surface area contributed by atoms with Crippen molar-refractivity contribution >= 4 is 47.3 Å². The standard InChI is InChI=1S/C12H13BrClNO3S/c13-10-7-9(4-5-11(10)19(14,17)18)15-12(16)6-8-2-1-3-8/h4-5,7-8H,1-3,6H2,(H,15,16). The molecule has 1 amide bonds. The predicted molar refractivity (Wildman–Crippen MR) is 77.8 cm³/mol. The Morgan fingerprint density at radius 1 is 1.42 bits per heavy atom. The normalized spacial score (nSPS) is 15.9. The van der Waals surface area contributed by atoms with E-state index in [2.05, 4.69) is 21.2 Å². The highest BCUT2D eigenvalue weighted by atomic mass is 79.9. The summed E-state index contributed by atoms with van der Waals surface area (Å²) in [6.45, 7) is 0. The minimum atomic E-state index is -3.78. The second-order valence-corrected chi connectivity index (χ2v) is 8.02. The van der Waals surface area contributed by atoms with Gasteiger partial charge in [0, 0.05) is 27.3 Å². The molecule has 0 saturated heterocycles. The van der Waals surface area contributed by atoms with Crippen molar-refractivity contribution in [3.05, 3.63) is 22.7 Å². The summed E-state index contributed by atoms with van der Waals surface area (Å²) in [5.41, 5.74) is 0.556. The monoisotopic (exact) mass is 365 g/mol. The van der Waals surface area contributed by atoms with Crippen molar-refractivity contribution in [1.82, 2.24) is 0 Å². The van der Waals surface area contributed by atoms with Gasteiger partial charge in [-0.05, 0) is 52.9 Å². The van der Waals surface area contributed by atoms with Gasteiger partial charge in [-0.2, -0.15) is 0 Å². The molecule has 4 nitrogen and oxygen atoms in total. The molecule has 0 bridgehead atoms. The maximum Gasteiger partial charge on any atom is 0.262 e. The van der Waals surface area contributed by atoms with Crippen LogP contribution in [0.15, 0.2) is 27.6 Å². The number of amides is 1. The van der Waals surface area contributed by atoms with Crippen LogP contribution >= 0.6 is 26.6 Å². The molecule has 0 radical (unpaired) electrons. The van der Waals surface area contributed by atoms with E-state index in [9.17, 15) is 13.2 Å². The van der Waals surface area contributed by atoms with Gasteiger partial charge in [0.25, 0.3) is 9.05 Å². The highest BCUT2D eigenvalue weighted by Crippen LogP contribution is 2.31. The number of anilines is 1. The number of carbonyl (C=O) groups excluding carboxylic acids is 1. The lowest BCUT2D eigenvalue weighted by atomic mass is 9.83. The first-order chi connectivity index (χ1) is 8.86. The summed E-state index contributed by atoms with van der Waals surface area (Å²) < 4.78 is 22.8. The van der Waals surface area contributed by atoms with Crippen molar-refractivity contribution in [2.75, 3.05) is 5.32 Å². The number of carbonyl (C=O) groups is 1. The van der Waals surface area contributed by atoms with Gasteiger partial charge >= 0.3 is 0 Å². The van der Waals surface area contributed by atoms with E-state index in [1.165, 1.54) is 24.6 Å². The molecule has 0 atom stereocenters. The molecule has 1 aromatic carbocycles. The van der Waals surface area contributed by atoms with E-state index in [0.29, 0.717) is 22.5 Å². The van der Waals surface area contributed by atoms with Crippen LogP contribution in [0.1, 0.15) is 25.7 Å². The maximum absolute atomic E-state index is 11.7. The Morgan fingerprint density at radius 3 is 2.58 bits per heavy atom. The van der Waals surface area contributed by atoms with Crippen molar-refractivity contribution in [2.24, 2.45) is 5.92 Å². The van der Waals surface area contributed by atoms with Gasteiger partial charge in [0.15, 0.2) is 0 Å². The van der Waals surface area contributed by atoms with Crippen molar-refractivity contribution in [1.29, 1.82) is 0 Å². The van der Waals surface area contributed by atoms with E-state index in [1.807, 2.05) is 0 Å². The third-order valence-corrected chi connectivity index (χ3v) is 5.48. The number of halogens is 2. The van der Waals surface area contributed by atoms with Gasteiger partial charge in [0.1, 0.15) is 0 Å². The molecule has 19 heavy (non-hydrogen) atoms. The summed E-state index contributed by atoms with van der Waals surface area (Å²) in [4.78, 5) is 11.7. The van der Waals surface area contributed by atoms with Crippen LogP contribution in [-0.4, -0.2) is 14.3 Å². The summed E-state index contributed by atoms with van der Waals surface area (Å²) in [6.07, 6.45) is 3.94. The van der Waals surface area contributed by atoms with Crippen molar-refractivity contribution < 1.29 is 13.2 Å². The third kappa shape index (κ3) is 3.94. The van der Waals surface area contributed by atoms with E-state index >= 15 is 0 Å². The van der Waals surface area contributed by atoms with Crippen LogP contribution in [0, 0.1) is 5.92 Å². The quantitative estimate of drug-likeness (QED) is 0.829. The molecule has 0 heterocycles.